The summed E-state index contributed by atoms with van der Waals surface area (Å²) in [5.74, 6) is -0.160. The van der Waals surface area contributed by atoms with Crippen molar-refractivity contribution in [2.45, 2.75) is 13.0 Å². The lowest BCUT2D eigenvalue weighted by Crippen LogP contribution is -2.41. The fraction of sp³-hybridized carbons (Fsp3) is 0.333. The second-order valence-corrected chi connectivity index (χ2v) is 6.74. The molecule has 1 saturated heterocycles. The normalized spacial score (nSPS) is 15.5. The maximum absolute atomic E-state index is 12.3. The monoisotopic (exact) mass is 382 g/mol. The van der Waals surface area contributed by atoms with Crippen molar-refractivity contribution in [2.75, 3.05) is 48.8 Å². The molecular formula is C21H26N4O3. The molecule has 1 unspecified atom stereocenters. The molecule has 2 aromatic rings. The van der Waals surface area contributed by atoms with Crippen LogP contribution in [-0.4, -0.2) is 55.6 Å². The average molecular weight is 382 g/mol. The molecule has 2 amide bonds. The summed E-state index contributed by atoms with van der Waals surface area (Å²) in [6.07, 6.45) is 0. The van der Waals surface area contributed by atoms with E-state index < -0.39 is 6.04 Å². The molecule has 0 aliphatic carbocycles. The molecule has 0 radical (unpaired) electrons. The van der Waals surface area contributed by atoms with Gasteiger partial charge in [-0.1, -0.05) is 18.2 Å². The zero-order valence-corrected chi connectivity index (χ0v) is 16.0. The fourth-order valence-electron chi connectivity index (χ4n) is 2.90. The highest BCUT2D eigenvalue weighted by Crippen LogP contribution is 2.15. The van der Waals surface area contributed by atoms with Gasteiger partial charge in [0, 0.05) is 30.2 Å². The number of anilines is 3. The number of nitrogens with zero attached hydrogens (tertiary/aromatic N) is 1. The molecule has 0 bridgehead atoms. The number of benzene rings is 2. The summed E-state index contributed by atoms with van der Waals surface area (Å²) in [7, 11) is 0. The number of para-hydroxylation sites is 1. The number of carbonyl (C=O) groups excluding carboxylic acids is 2. The van der Waals surface area contributed by atoms with Crippen molar-refractivity contribution in [3.63, 3.8) is 0 Å². The van der Waals surface area contributed by atoms with E-state index in [2.05, 4.69) is 20.9 Å². The van der Waals surface area contributed by atoms with Gasteiger partial charge in [0.25, 0.3) is 0 Å². The summed E-state index contributed by atoms with van der Waals surface area (Å²) in [6.45, 7) is 5.06. The van der Waals surface area contributed by atoms with Gasteiger partial charge < -0.3 is 20.7 Å². The Labute approximate surface area is 165 Å². The number of amides is 2. The topological polar surface area (TPSA) is 82.7 Å². The summed E-state index contributed by atoms with van der Waals surface area (Å²) < 4.78 is 5.29. The highest BCUT2D eigenvalue weighted by atomic mass is 16.5. The van der Waals surface area contributed by atoms with E-state index in [0.717, 1.165) is 30.2 Å². The molecule has 0 aromatic heterocycles. The second kappa shape index (κ2) is 9.87. The first-order valence-electron chi connectivity index (χ1n) is 9.42. The van der Waals surface area contributed by atoms with Crippen LogP contribution in [0.2, 0.25) is 0 Å². The molecular weight excluding hydrogens is 356 g/mol. The van der Waals surface area contributed by atoms with Crippen LogP contribution < -0.4 is 16.0 Å². The Bertz CT molecular complexity index is 774. The minimum Gasteiger partial charge on any atom is -0.379 e. The van der Waals surface area contributed by atoms with Crippen LogP contribution >= 0.6 is 0 Å². The van der Waals surface area contributed by atoms with Gasteiger partial charge in [-0.25, -0.2) is 0 Å². The van der Waals surface area contributed by atoms with Crippen LogP contribution in [0.3, 0.4) is 0 Å². The van der Waals surface area contributed by atoms with Crippen molar-refractivity contribution in [3.8, 4) is 0 Å². The minimum atomic E-state index is -0.401. The Kier molecular flexibility index (Phi) is 7.00. The van der Waals surface area contributed by atoms with E-state index in [9.17, 15) is 9.59 Å². The second-order valence-electron chi connectivity index (χ2n) is 6.74. The molecule has 148 valence electrons. The first-order chi connectivity index (χ1) is 13.6. The van der Waals surface area contributed by atoms with E-state index in [1.807, 2.05) is 54.6 Å². The number of hydrogen-bond donors (Lipinski definition) is 3. The van der Waals surface area contributed by atoms with Crippen LogP contribution in [0.4, 0.5) is 17.1 Å². The molecule has 1 fully saturated rings. The standard InChI is InChI=1S/C21H26N4O3/c1-16(21(27)24-17-5-3-2-4-6-17)22-18-7-9-19(10-8-18)23-20(26)15-25-11-13-28-14-12-25/h2-10,16,22H,11-15H2,1H3,(H,23,26)(H,24,27). The third kappa shape index (κ3) is 6.07. The molecule has 3 rings (SSSR count). The van der Waals surface area contributed by atoms with Gasteiger partial charge in [-0.3, -0.25) is 14.5 Å². The van der Waals surface area contributed by atoms with E-state index in [1.165, 1.54) is 0 Å². The van der Waals surface area contributed by atoms with E-state index in [-0.39, 0.29) is 11.8 Å². The lowest BCUT2D eigenvalue weighted by Gasteiger charge is -2.25. The van der Waals surface area contributed by atoms with Gasteiger partial charge in [-0.2, -0.15) is 0 Å². The lowest BCUT2D eigenvalue weighted by molar-refractivity contribution is -0.118. The van der Waals surface area contributed by atoms with Gasteiger partial charge in [-0.05, 0) is 43.3 Å². The third-order valence-corrected chi connectivity index (χ3v) is 4.46. The van der Waals surface area contributed by atoms with Gasteiger partial charge in [0.2, 0.25) is 11.8 Å². The quantitative estimate of drug-likeness (QED) is 0.685. The Morgan fingerprint density at radius 1 is 0.929 bits per heavy atom. The SMILES string of the molecule is CC(Nc1ccc(NC(=O)CN2CCOCC2)cc1)C(=O)Nc1ccccc1. The maximum Gasteiger partial charge on any atom is 0.246 e. The van der Waals surface area contributed by atoms with Crippen LogP contribution in [0.25, 0.3) is 0 Å². The highest BCUT2D eigenvalue weighted by molar-refractivity contribution is 5.96. The number of rotatable bonds is 7. The van der Waals surface area contributed by atoms with Crippen molar-refractivity contribution >= 4 is 28.9 Å². The summed E-state index contributed by atoms with van der Waals surface area (Å²) in [4.78, 5) is 26.5. The summed E-state index contributed by atoms with van der Waals surface area (Å²) in [6, 6.07) is 16.3. The highest BCUT2D eigenvalue weighted by Gasteiger charge is 2.15. The molecule has 1 heterocycles. The average Bonchev–Trinajstić information content (AvgIpc) is 2.71. The Morgan fingerprint density at radius 3 is 2.21 bits per heavy atom. The molecule has 1 atom stereocenters. The largest absolute Gasteiger partial charge is 0.379 e. The van der Waals surface area contributed by atoms with Gasteiger partial charge in [0.1, 0.15) is 6.04 Å². The van der Waals surface area contributed by atoms with Gasteiger partial charge in [0.15, 0.2) is 0 Å². The van der Waals surface area contributed by atoms with Gasteiger partial charge >= 0.3 is 0 Å². The number of hydrogen-bond acceptors (Lipinski definition) is 5. The molecule has 3 N–H and O–H groups in total. The molecule has 1 aliphatic heterocycles. The van der Waals surface area contributed by atoms with E-state index in [1.54, 1.807) is 6.92 Å². The molecule has 0 saturated carbocycles. The van der Waals surface area contributed by atoms with Gasteiger partial charge in [-0.15, -0.1) is 0 Å². The number of morpholine rings is 1. The van der Waals surface area contributed by atoms with Gasteiger partial charge in [0.05, 0.1) is 19.8 Å². The van der Waals surface area contributed by atoms with Crippen molar-refractivity contribution in [1.29, 1.82) is 0 Å². The van der Waals surface area contributed by atoms with Crippen LogP contribution in [0.1, 0.15) is 6.92 Å². The van der Waals surface area contributed by atoms with E-state index >= 15 is 0 Å². The van der Waals surface area contributed by atoms with Crippen LogP contribution in [0.15, 0.2) is 54.6 Å². The lowest BCUT2D eigenvalue weighted by atomic mass is 10.2. The van der Waals surface area contributed by atoms with Crippen molar-refractivity contribution in [2.24, 2.45) is 0 Å². The molecule has 7 heteroatoms. The van der Waals surface area contributed by atoms with Crippen molar-refractivity contribution in [3.05, 3.63) is 54.6 Å². The Hall–Kier alpha value is -2.90. The predicted molar refractivity (Wildman–Crippen MR) is 110 cm³/mol. The van der Waals surface area contributed by atoms with Crippen molar-refractivity contribution in [1.82, 2.24) is 4.90 Å². The molecule has 7 nitrogen and oxygen atoms in total. The minimum absolute atomic E-state index is 0.0433. The van der Waals surface area contributed by atoms with E-state index in [0.29, 0.717) is 19.8 Å². The molecule has 2 aromatic carbocycles. The zero-order valence-electron chi connectivity index (χ0n) is 16.0. The van der Waals surface area contributed by atoms with Crippen LogP contribution in [0.5, 0.6) is 0 Å². The van der Waals surface area contributed by atoms with E-state index in [4.69, 9.17) is 4.74 Å². The van der Waals surface area contributed by atoms with Crippen LogP contribution in [-0.2, 0) is 14.3 Å². The number of ether oxygens (including phenoxy) is 1. The maximum atomic E-state index is 12.3. The Morgan fingerprint density at radius 2 is 1.54 bits per heavy atom. The number of nitrogens with one attached hydrogen (secondary N) is 3. The molecule has 28 heavy (non-hydrogen) atoms. The van der Waals surface area contributed by atoms with Crippen LogP contribution in [0, 0.1) is 0 Å². The molecule has 1 aliphatic rings. The smallest absolute Gasteiger partial charge is 0.246 e. The first kappa shape index (κ1) is 19.9. The third-order valence-electron chi connectivity index (χ3n) is 4.46. The predicted octanol–water partition coefficient (Wildman–Crippen LogP) is 2.40. The Balaban J connectivity index is 1.46. The molecule has 0 spiro atoms. The number of carbonyl (C=O) groups is 2. The zero-order chi connectivity index (χ0) is 19.8. The summed E-state index contributed by atoms with van der Waals surface area (Å²) >= 11 is 0. The fourth-order valence-corrected chi connectivity index (χ4v) is 2.90. The van der Waals surface area contributed by atoms with Crippen molar-refractivity contribution < 1.29 is 14.3 Å². The first-order valence-corrected chi connectivity index (χ1v) is 9.42. The summed E-state index contributed by atoms with van der Waals surface area (Å²) in [5, 5.41) is 8.92. The summed E-state index contributed by atoms with van der Waals surface area (Å²) in [5.41, 5.74) is 2.30.